The average molecular weight is 264 g/mol. The molecule has 19 heavy (non-hydrogen) atoms. The van der Waals surface area contributed by atoms with Crippen LogP contribution in [-0.4, -0.2) is 21.8 Å². The van der Waals surface area contributed by atoms with Gasteiger partial charge in [0.2, 0.25) is 0 Å². The van der Waals surface area contributed by atoms with Gasteiger partial charge in [-0.3, -0.25) is 0 Å². The molecule has 0 bridgehead atoms. The lowest BCUT2D eigenvalue weighted by atomic mass is 9.58. The van der Waals surface area contributed by atoms with Crippen molar-refractivity contribution < 1.29 is 15.0 Å². The van der Waals surface area contributed by atoms with E-state index in [0.29, 0.717) is 23.7 Å². The molecule has 0 aromatic rings. The predicted molar refractivity (Wildman–Crippen MR) is 74.6 cm³/mol. The van der Waals surface area contributed by atoms with Crippen molar-refractivity contribution in [3.05, 3.63) is 24.3 Å². The van der Waals surface area contributed by atoms with E-state index in [-0.39, 0.29) is 5.92 Å². The highest BCUT2D eigenvalue weighted by molar-refractivity contribution is 5.79. The van der Waals surface area contributed by atoms with Crippen LogP contribution < -0.4 is 0 Å². The summed E-state index contributed by atoms with van der Waals surface area (Å²) in [6, 6.07) is 0. The molecule has 1 fully saturated rings. The van der Waals surface area contributed by atoms with Crippen molar-refractivity contribution in [2.24, 2.45) is 29.6 Å². The van der Waals surface area contributed by atoms with Gasteiger partial charge in [0.1, 0.15) is 0 Å². The Hall–Kier alpha value is -1.09. The molecular formula is C16H24O3. The van der Waals surface area contributed by atoms with Crippen LogP contribution in [0.25, 0.3) is 0 Å². The van der Waals surface area contributed by atoms with Crippen LogP contribution in [0.5, 0.6) is 0 Å². The number of rotatable bonds is 2. The zero-order valence-electron chi connectivity index (χ0n) is 11.9. The molecule has 0 heterocycles. The van der Waals surface area contributed by atoms with E-state index in [4.69, 9.17) is 5.11 Å². The largest absolute Gasteiger partial charge is 0.478 e. The molecule has 0 aromatic heterocycles. The van der Waals surface area contributed by atoms with Gasteiger partial charge in [-0.05, 0) is 49.4 Å². The maximum absolute atomic E-state index is 10.7. The minimum absolute atomic E-state index is 0.261. The molecule has 3 heteroatoms. The summed E-state index contributed by atoms with van der Waals surface area (Å²) in [6.45, 7) is 6.23. The Labute approximate surface area is 115 Å². The number of fused-ring (bicyclic) bond motifs is 1. The Balaban J connectivity index is 2.26. The highest BCUT2D eigenvalue weighted by atomic mass is 16.4. The quantitative estimate of drug-likeness (QED) is 0.595. The van der Waals surface area contributed by atoms with E-state index in [9.17, 15) is 9.90 Å². The third-order valence-corrected chi connectivity index (χ3v) is 4.76. The van der Waals surface area contributed by atoms with Crippen LogP contribution in [0.1, 0.15) is 33.6 Å². The van der Waals surface area contributed by atoms with E-state index in [1.54, 1.807) is 0 Å². The average Bonchev–Trinajstić information content (AvgIpc) is 2.26. The summed E-state index contributed by atoms with van der Waals surface area (Å²) in [4.78, 5) is 10.7. The Morgan fingerprint density at radius 2 is 2.00 bits per heavy atom. The molecule has 2 aliphatic carbocycles. The summed E-state index contributed by atoms with van der Waals surface area (Å²) >= 11 is 0. The molecule has 3 nitrogen and oxygen atoms in total. The van der Waals surface area contributed by atoms with Crippen LogP contribution in [0.3, 0.4) is 0 Å². The highest BCUT2D eigenvalue weighted by Crippen LogP contribution is 2.49. The lowest BCUT2D eigenvalue weighted by molar-refractivity contribution is -0.131. The van der Waals surface area contributed by atoms with Crippen LogP contribution in [0.15, 0.2) is 24.3 Å². The number of carboxylic acids is 1. The fourth-order valence-corrected chi connectivity index (χ4v) is 4.13. The summed E-state index contributed by atoms with van der Waals surface area (Å²) in [5.74, 6) is 0.951. The zero-order chi connectivity index (χ0) is 14.2. The number of allylic oxidation sites excluding steroid dienone is 3. The third-order valence-electron chi connectivity index (χ3n) is 4.76. The Bertz CT molecular complexity index is 408. The fourth-order valence-electron chi connectivity index (χ4n) is 4.13. The normalized spacial score (nSPS) is 46.2. The second-order valence-electron chi connectivity index (χ2n) is 6.64. The van der Waals surface area contributed by atoms with E-state index in [0.717, 1.165) is 12.8 Å². The number of aliphatic hydroxyl groups is 1. The minimum Gasteiger partial charge on any atom is -0.478 e. The molecule has 0 unspecified atom stereocenters. The van der Waals surface area contributed by atoms with Crippen molar-refractivity contribution in [2.45, 2.75) is 39.2 Å². The molecule has 1 saturated carbocycles. The first-order valence-electron chi connectivity index (χ1n) is 7.12. The molecule has 6 atom stereocenters. The molecule has 2 N–H and O–H groups in total. The molecule has 0 aromatic carbocycles. The molecule has 2 rings (SSSR count). The molecule has 2 aliphatic rings. The third kappa shape index (κ3) is 3.08. The van der Waals surface area contributed by atoms with Crippen LogP contribution in [0.4, 0.5) is 0 Å². The highest BCUT2D eigenvalue weighted by Gasteiger charge is 2.44. The molecule has 0 radical (unpaired) electrons. The van der Waals surface area contributed by atoms with E-state index >= 15 is 0 Å². The van der Waals surface area contributed by atoms with Gasteiger partial charge in [0, 0.05) is 6.08 Å². The lowest BCUT2D eigenvalue weighted by Crippen LogP contribution is -2.45. The summed E-state index contributed by atoms with van der Waals surface area (Å²) in [6.07, 6.45) is 9.10. The standard InChI is InChI=1S/C16H24O3/c1-10-4-5-12-9-16(3,19)8-11(2)15(12)13(10)6-7-14(17)18/h4-7,10-13,15,19H,8-9H2,1-3H3,(H,17,18)/b7-6+/t10-,11+,12-,13-,15-,16+/m0/s1. The van der Waals surface area contributed by atoms with Gasteiger partial charge in [-0.1, -0.05) is 32.1 Å². The van der Waals surface area contributed by atoms with Crippen molar-refractivity contribution in [3.63, 3.8) is 0 Å². The van der Waals surface area contributed by atoms with Crippen LogP contribution in [0, 0.1) is 29.6 Å². The predicted octanol–water partition coefficient (Wildman–Crippen LogP) is 2.86. The molecule has 106 valence electrons. The number of carboxylic acid groups (broad SMARTS) is 1. The van der Waals surface area contributed by atoms with Crippen molar-refractivity contribution >= 4 is 5.97 Å². The summed E-state index contributed by atoms with van der Waals surface area (Å²) in [7, 11) is 0. The number of carbonyl (C=O) groups is 1. The summed E-state index contributed by atoms with van der Waals surface area (Å²) in [5, 5.41) is 19.1. The summed E-state index contributed by atoms with van der Waals surface area (Å²) < 4.78 is 0. The first-order valence-corrected chi connectivity index (χ1v) is 7.12. The van der Waals surface area contributed by atoms with E-state index < -0.39 is 11.6 Å². The second kappa shape index (κ2) is 5.12. The van der Waals surface area contributed by atoms with Crippen molar-refractivity contribution in [1.82, 2.24) is 0 Å². The Kier molecular flexibility index (Phi) is 3.86. The van der Waals surface area contributed by atoms with Gasteiger partial charge in [-0.2, -0.15) is 0 Å². The van der Waals surface area contributed by atoms with E-state index in [1.165, 1.54) is 6.08 Å². The molecule has 0 saturated heterocycles. The number of aliphatic carboxylic acids is 1. The maximum atomic E-state index is 10.7. The number of hydrogen-bond acceptors (Lipinski definition) is 2. The minimum atomic E-state index is -0.881. The van der Waals surface area contributed by atoms with Gasteiger partial charge in [0.15, 0.2) is 0 Å². The maximum Gasteiger partial charge on any atom is 0.327 e. The van der Waals surface area contributed by atoms with Crippen molar-refractivity contribution in [1.29, 1.82) is 0 Å². The Morgan fingerprint density at radius 1 is 1.32 bits per heavy atom. The lowest BCUT2D eigenvalue weighted by Gasteiger charge is -2.48. The van der Waals surface area contributed by atoms with E-state index in [2.05, 4.69) is 26.0 Å². The van der Waals surface area contributed by atoms with Gasteiger partial charge < -0.3 is 10.2 Å². The zero-order valence-corrected chi connectivity index (χ0v) is 11.9. The fraction of sp³-hybridized carbons (Fsp3) is 0.688. The van der Waals surface area contributed by atoms with Gasteiger partial charge in [0.05, 0.1) is 5.60 Å². The van der Waals surface area contributed by atoms with Crippen LogP contribution in [0.2, 0.25) is 0 Å². The second-order valence-corrected chi connectivity index (χ2v) is 6.64. The monoisotopic (exact) mass is 264 g/mol. The Morgan fingerprint density at radius 3 is 2.63 bits per heavy atom. The smallest absolute Gasteiger partial charge is 0.327 e. The molecular weight excluding hydrogens is 240 g/mol. The van der Waals surface area contributed by atoms with Gasteiger partial charge in [-0.15, -0.1) is 0 Å². The van der Waals surface area contributed by atoms with Crippen molar-refractivity contribution in [3.8, 4) is 0 Å². The summed E-state index contributed by atoms with van der Waals surface area (Å²) in [5.41, 5.74) is -0.591. The van der Waals surface area contributed by atoms with Crippen molar-refractivity contribution in [2.75, 3.05) is 0 Å². The molecule has 0 amide bonds. The SMILES string of the molecule is C[C@@H]1C[C@@](C)(O)C[C@@H]2C=C[C@H](C)[C@H](/C=C/C(=O)O)[C@@H]12. The number of hydrogen-bond donors (Lipinski definition) is 2. The van der Waals surface area contributed by atoms with Gasteiger partial charge >= 0.3 is 5.97 Å². The first kappa shape index (κ1) is 14.3. The van der Waals surface area contributed by atoms with Crippen LogP contribution in [-0.2, 0) is 4.79 Å². The molecule has 0 spiro atoms. The van der Waals surface area contributed by atoms with E-state index in [1.807, 2.05) is 13.0 Å². The topological polar surface area (TPSA) is 57.5 Å². The van der Waals surface area contributed by atoms with Crippen LogP contribution >= 0.6 is 0 Å². The first-order chi connectivity index (χ1) is 8.80. The molecule has 0 aliphatic heterocycles. The van der Waals surface area contributed by atoms with Gasteiger partial charge in [0.25, 0.3) is 0 Å². The van der Waals surface area contributed by atoms with Gasteiger partial charge in [-0.25, -0.2) is 4.79 Å².